The maximum absolute atomic E-state index is 6.28. The SMILES string of the molecule is Cc1ccc(CN2CCC[C@]3(C[C@H](n4cnnc4)CO3)C2)s1. The minimum absolute atomic E-state index is 0.0273. The van der Waals surface area contributed by atoms with Gasteiger partial charge in [0, 0.05) is 29.3 Å². The molecule has 0 radical (unpaired) electrons. The van der Waals surface area contributed by atoms with Crippen molar-refractivity contribution < 1.29 is 4.74 Å². The Morgan fingerprint density at radius 1 is 1.36 bits per heavy atom. The van der Waals surface area contributed by atoms with E-state index in [1.165, 1.54) is 29.1 Å². The van der Waals surface area contributed by atoms with E-state index in [1.807, 2.05) is 24.0 Å². The third-order valence-electron chi connectivity index (χ3n) is 4.84. The molecule has 0 aromatic carbocycles. The van der Waals surface area contributed by atoms with Gasteiger partial charge >= 0.3 is 0 Å². The lowest BCUT2D eigenvalue weighted by Gasteiger charge is -2.39. The minimum Gasteiger partial charge on any atom is -0.371 e. The number of thiophene rings is 1. The number of hydrogen-bond acceptors (Lipinski definition) is 5. The van der Waals surface area contributed by atoms with Gasteiger partial charge in [-0.2, -0.15) is 0 Å². The van der Waals surface area contributed by atoms with Gasteiger partial charge in [-0.25, -0.2) is 0 Å². The van der Waals surface area contributed by atoms with Crippen molar-refractivity contribution in [2.45, 2.75) is 44.4 Å². The summed E-state index contributed by atoms with van der Waals surface area (Å²) in [6.07, 6.45) is 7.08. The number of piperidine rings is 1. The van der Waals surface area contributed by atoms with Crippen LogP contribution >= 0.6 is 11.3 Å². The van der Waals surface area contributed by atoms with Crippen molar-refractivity contribution in [2.24, 2.45) is 0 Å². The number of hydrogen-bond donors (Lipinski definition) is 0. The lowest BCUT2D eigenvalue weighted by atomic mass is 9.88. The molecule has 2 aromatic rings. The summed E-state index contributed by atoms with van der Waals surface area (Å²) in [7, 11) is 0. The van der Waals surface area contributed by atoms with Gasteiger partial charge in [0.05, 0.1) is 18.2 Å². The van der Waals surface area contributed by atoms with Gasteiger partial charge in [0.25, 0.3) is 0 Å². The average molecular weight is 318 g/mol. The highest BCUT2D eigenvalue weighted by Crippen LogP contribution is 2.39. The van der Waals surface area contributed by atoms with Crippen molar-refractivity contribution in [1.82, 2.24) is 19.7 Å². The van der Waals surface area contributed by atoms with E-state index < -0.39 is 0 Å². The van der Waals surface area contributed by atoms with E-state index >= 15 is 0 Å². The predicted octanol–water partition coefficient (Wildman–Crippen LogP) is 2.64. The van der Waals surface area contributed by atoms with Gasteiger partial charge in [-0.3, -0.25) is 4.90 Å². The third kappa shape index (κ3) is 2.83. The predicted molar refractivity (Wildman–Crippen MR) is 85.9 cm³/mol. The van der Waals surface area contributed by atoms with E-state index in [9.17, 15) is 0 Å². The van der Waals surface area contributed by atoms with Crippen LogP contribution in [0, 0.1) is 6.92 Å². The summed E-state index contributed by atoms with van der Waals surface area (Å²) in [5.74, 6) is 0. The molecule has 2 saturated heterocycles. The summed E-state index contributed by atoms with van der Waals surface area (Å²) < 4.78 is 8.37. The van der Waals surface area contributed by atoms with Crippen molar-refractivity contribution in [2.75, 3.05) is 19.7 Å². The Hall–Kier alpha value is -1.24. The van der Waals surface area contributed by atoms with Crippen LogP contribution in [-0.4, -0.2) is 45.0 Å². The fraction of sp³-hybridized carbons (Fsp3) is 0.625. The minimum atomic E-state index is 0.0273. The van der Waals surface area contributed by atoms with E-state index in [-0.39, 0.29) is 5.60 Å². The standard InChI is InChI=1S/C16H22N4OS/c1-13-3-4-15(22-13)8-19-6-2-5-16(10-19)7-14(9-21-16)20-11-17-18-12-20/h3-4,11-12,14H,2,5-10H2,1H3/t14-,16-/m0/s1. The molecule has 2 aromatic heterocycles. The zero-order valence-corrected chi connectivity index (χ0v) is 13.8. The van der Waals surface area contributed by atoms with E-state index in [2.05, 4.69) is 38.7 Å². The second-order valence-corrected chi connectivity index (χ2v) is 7.96. The van der Waals surface area contributed by atoms with Crippen LogP contribution in [0.4, 0.5) is 0 Å². The Morgan fingerprint density at radius 2 is 2.23 bits per heavy atom. The first-order valence-corrected chi connectivity index (χ1v) is 8.80. The maximum Gasteiger partial charge on any atom is 0.119 e. The highest BCUT2D eigenvalue weighted by molar-refractivity contribution is 7.11. The van der Waals surface area contributed by atoms with Crippen LogP contribution in [0.15, 0.2) is 24.8 Å². The van der Waals surface area contributed by atoms with Crippen molar-refractivity contribution in [3.05, 3.63) is 34.5 Å². The molecule has 2 aliphatic rings. The molecule has 22 heavy (non-hydrogen) atoms. The van der Waals surface area contributed by atoms with Crippen LogP contribution in [0.2, 0.25) is 0 Å². The van der Waals surface area contributed by atoms with Crippen LogP contribution in [0.3, 0.4) is 0 Å². The molecule has 0 N–H and O–H groups in total. The summed E-state index contributed by atoms with van der Waals surface area (Å²) in [4.78, 5) is 5.41. The lowest BCUT2D eigenvalue weighted by Crippen LogP contribution is -2.47. The molecule has 1 spiro atoms. The van der Waals surface area contributed by atoms with E-state index in [1.54, 1.807) is 0 Å². The smallest absolute Gasteiger partial charge is 0.119 e. The largest absolute Gasteiger partial charge is 0.371 e. The van der Waals surface area contributed by atoms with E-state index in [0.29, 0.717) is 6.04 Å². The fourth-order valence-electron chi connectivity index (χ4n) is 3.81. The Kier molecular flexibility index (Phi) is 3.76. The monoisotopic (exact) mass is 318 g/mol. The molecule has 0 saturated carbocycles. The van der Waals surface area contributed by atoms with Gasteiger partial charge in [-0.15, -0.1) is 21.5 Å². The first kappa shape index (κ1) is 14.4. The summed E-state index contributed by atoms with van der Waals surface area (Å²) >= 11 is 1.91. The zero-order chi connectivity index (χ0) is 15.0. The van der Waals surface area contributed by atoms with Crippen LogP contribution in [0.1, 0.15) is 35.1 Å². The molecular weight excluding hydrogens is 296 g/mol. The van der Waals surface area contributed by atoms with E-state index in [0.717, 1.165) is 26.1 Å². The van der Waals surface area contributed by atoms with Gasteiger partial charge in [0.2, 0.25) is 0 Å². The van der Waals surface area contributed by atoms with Crippen molar-refractivity contribution >= 4 is 11.3 Å². The molecule has 2 fully saturated rings. The summed E-state index contributed by atoms with van der Waals surface area (Å²) in [6, 6.07) is 4.86. The van der Waals surface area contributed by atoms with Crippen LogP contribution in [0.5, 0.6) is 0 Å². The summed E-state index contributed by atoms with van der Waals surface area (Å²) in [5.41, 5.74) is 0.0273. The number of ether oxygens (including phenoxy) is 1. The Bertz CT molecular complexity index is 626. The highest BCUT2D eigenvalue weighted by atomic mass is 32.1. The van der Waals surface area contributed by atoms with Gasteiger partial charge in [0.15, 0.2) is 0 Å². The quantitative estimate of drug-likeness (QED) is 0.872. The number of rotatable bonds is 3. The molecule has 0 aliphatic carbocycles. The first-order chi connectivity index (χ1) is 10.7. The Labute approximate surface area is 134 Å². The Morgan fingerprint density at radius 3 is 3.00 bits per heavy atom. The van der Waals surface area contributed by atoms with Crippen LogP contribution < -0.4 is 0 Å². The van der Waals surface area contributed by atoms with Gasteiger partial charge in [-0.1, -0.05) is 0 Å². The topological polar surface area (TPSA) is 43.2 Å². The molecular formula is C16H22N4OS. The molecule has 2 aliphatic heterocycles. The molecule has 4 heterocycles. The molecule has 2 atom stereocenters. The molecule has 5 nitrogen and oxygen atoms in total. The van der Waals surface area contributed by atoms with Crippen molar-refractivity contribution in [3.8, 4) is 0 Å². The maximum atomic E-state index is 6.28. The average Bonchev–Trinajstić information content (AvgIpc) is 3.21. The summed E-state index contributed by atoms with van der Waals surface area (Å²) in [6.45, 7) is 6.24. The van der Waals surface area contributed by atoms with Crippen LogP contribution in [-0.2, 0) is 11.3 Å². The molecule has 0 bridgehead atoms. The normalized spacial score (nSPS) is 29.4. The third-order valence-corrected chi connectivity index (χ3v) is 5.83. The second-order valence-electron chi connectivity index (χ2n) is 6.59. The zero-order valence-electron chi connectivity index (χ0n) is 12.9. The Balaban J connectivity index is 1.42. The second kappa shape index (κ2) is 5.76. The van der Waals surface area contributed by atoms with Crippen LogP contribution in [0.25, 0.3) is 0 Å². The molecule has 0 unspecified atom stereocenters. The first-order valence-electron chi connectivity index (χ1n) is 7.98. The summed E-state index contributed by atoms with van der Waals surface area (Å²) in [5, 5.41) is 7.84. The number of nitrogens with zero attached hydrogens (tertiary/aromatic N) is 4. The lowest BCUT2D eigenvalue weighted by molar-refractivity contribution is -0.0532. The van der Waals surface area contributed by atoms with Crippen molar-refractivity contribution in [3.63, 3.8) is 0 Å². The van der Waals surface area contributed by atoms with Crippen molar-refractivity contribution in [1.29, 1.82) is 0 Å². The molecule has 6 heteroatoms. The highest BCUT2D eigenvalue weighted by Gasteiger charge is 2.43. The molecule has 0 amide bonds. The van der Waals surface area contributed by atoms with Gasteiger partial charge in [-0.05, 0) is 38.4 Å². The van der Waals surface area contributed by atoms with Gasteiger partial charge < -0.3 is 9.30 Å². The number of likely N-dealkylation sites (tertiary alicyclic amines) is 1. The molecule has 118 valence electrons. The number of aryl methyl sites for hydroxylation is 1. The van der Waals surface area contributed by atoms with E-state index in [4.69, 9.17) is 4.74 Å². The van der Waals surface area contributed by atoms with Gasteiger partial charge in [0.1, 0.15) is 12.7 Å². The molecule has 4 rings (SSSR count). The number of aromatic nitrogens is 3. The fourth-order valence-corrected chi connectivity index (χ4v) is 4.74.